The first-order valence-corrected chi connectivity index (χ1v) is 5.53. The molecule has 0 saturated carbocycles. The summed E-state index contributed by atoms with van der Waals surface area (Å²) in [6.07, 6.45) is 8.55. The van der Waals surface area contributed by atoms with Gasteiger partial charge in [-0.2, -0.15) is 0 Å². The summed E-state index contributed by atoms with van der Waals surface area (Å²) in [6, 6.07) is 4.11. The van der Waals surface area contributed by atoms with Gasteiger partial charge in [0.05, 0.1) is 0 Å². The molecule has 0 bridgehead atoms. The first-order valence-electron chi connectivity index (χ1n) is 5.53. The lowest BCUT2D eigenvalue weighted by molar-refractivity contribution is 0.688. The summed E-state index contributed by atoms with van der Waals surface area (Å²) < 4.78 is 0. The van der Waals surface area contributed by atoms with Crippen molar-refractivity contribution in [3.05, 3.63) is 30.1 Å². The molecule has 0 aromatic carbocycles. The number of aromatic amines is 1. The summed E-state index contributed by atoms with van der Waals surface area (Å²) in [4.78, 5) is 7.46. The van der Waals surface area contributed by atoms with Gasteiger partial charge < -0.3 is 10.7 Å². The second-order valence-electron chi connectivity index (χ2n) is 3.81. The number of nitrogens with two attached hydrogens (primary N) is 1. The summed E-state index contributed by atoms with van der Waals surface area (Å²) >= 11 is 0. The molecule has 2 aromatic rings. The van der Waals surface area contributed by atoms with Gasteiger partial charge in [0.2, 0.25) is 0 Å². The van der Waals surface area contributed by atoms with Crippen molar-refractivity contribution >= 4 is 11.0 Å². The molecular weight excluding hydrogens is 186 g/mol. The number of nitrogens with one attached hydrogen (secondary N) is 1. The molecule has 0 aliphatic heterocycles. The maximum Gasteiger partial charge on any atom is 0.137 e. The summed E-state index contributed by atoms with van der Waals surface area (Å²) in [5.74, 6) is 0. The van der Waals surface area contributed by atoms with Gasteiger partial charge in [-0.05, 0) is 43.5 Å². The number of hydrogen-bond donors (Lipinski definition) is 2. The van der Waals surface area contributed by atoms with E-state index in [1.54, 1.807) is 0 Å². The van der Waals surface area contributed by atoms with E-state index in [0.29, 0.717) is 0 Å². The van der Waals surface area contributed by atoms with Gasteiger partial charge >= 0.3 is 0 Å². The van der Waals surface area contributed by atoms with Crippen LogP contribution in [0.1, 0.15) is 24.8 Å². The maximum absolute atomic E-state index is 5.46. The average molecular weight is 203 g/mol. The van der Waals surface area contributed by atoms with Crippen molar-refractivity contribution in [2.45, 2.75) is 25.7 Å². The molecule has 0 aliphatic carbocycles. The van der Waals surface area contributed by atoms with E-state index in [1.165, 1.54) is 23.8 Å². The largest absolute Gasteiger partial charge is 0.346 e. The van der Waals surface area contributed by atoms with E-state index in [9.17, 15) is 0 Å². The highest BCUT2D eigenvalue weighted by atomic mass is 14.8. The summed E-state index contributed by atoms with van der Waals surface area (Å²) in [7, 11) is 0. The number of nitrogens with zero attached hydrogens (tertiary/aromatic N) is 1. The Balaban J connectivity index is 2.02. The smallest absolute Gasteiger partial charge is 0.137 e. The highest BCUT2D eigenvalue weighted by Crippen LogP contribution is 2.17. The number of pyridine rings is 1. The molecule has 15 heavy (non-hydrogen) atoms. The van der Waals surface area contributed by atoms with Crippen molar-refractivity contribution < 1.29 is 0 Å². The van der Waals surface area contributed by atoms with Crippen LogP contribution in [0.25, 0.3) is 11.0 Å². The molecule has 3 nitrogen and oxygen atoms in total. The molecule has 0 radical (unpaired) electrons. The van der Waals surface area contributed by atoms with Crippen molar-refractivity contribution in [3.63, 3.8) is 0 Å². The zero-order chi connectivity index (χ0) is 10.5. The summed E-state index contributed by atoms with van der Waals surface area (Å²) in [5, 5.41) is 1.25. The Hall–Kier alpha value is -1.35. The van der Waals surface area contributed by atoms with Gasteiger partial charge in [0.25, 0.3) is 0 Å². The molecule has 0 spiro atoms. The van der Waals surface area contributed by atoms with Crippen LogP contribution < -0.4 is 5.73 Å². The van der Waals surface area contributed by atoms with E-state index < -0.39 is 0 Å². The highest BCUT2D eigenvalue weighted by Gasteiger charge is 2.02. The van der Waals surface area contributed by atoms with Gasteiger partial charge in [-0.1, -0.05) is 6.42 Å². The highest BCUT2D eigenvalue weighted by molar-refractivity contribution is 5.79. The Morgan fingerprint density at radius 1 is 1.27 bits per heavy atom. The van der Waals surface area contributed by atoms with Crippen molar-refractivity contribution in [1.82, 2.24) is 9.97 Å². The minimum absolute atomic E-state index is 0.801. The van der Waals surface area contributed by atoms with Crippen LogP contribution in [-0.2, 0) is 6.42 Å². The van der Waals surface area contributed by atoms with E-state index in [0.717, 1.165) is 25.0 Å². The number of unbranched alkanes of at least 4 members (excludes halogenated alkanes) is 2. The fourth-order valence-electron chi connectivity index (χ4n) is 1.86. The topological polar surface area (TPSA) is 54.7 Å². The predicted octanol–water partition coefficient (Wildman–Crippen LogP) is 2.23. The maximum atomic E-state index is 5.46. The summed E-state index contributed by atoms with van der Waals surface area (Å²) in [6.45, 7) is 0.801. The molecule has 0 saturated heterocycles. The van der Waals surface area contributed by atoms with Crippen LogP contribution in [0.5, 0.6) is 0 Å². The number of H-pyrrole nitrogens is 1. The molecule has 0 amide bonds. The monoisotopic (exact) mass is 203 g/mol. The number of hydrogen-bond acceptors (Lipinski definition) is 2. The molecule has 0 aliphatic rings. The van der Waals surface area contributed by atoms with Crippen LogP contribution in [-0.4, -0.2) is 16.5 Å². The van der Waals surface area contributed by atoms with E-state index >= 15 is 0 Å². The average Bonchev–Trinajstić information content (AvgIpc) is 2.68. The van der Waals surface area contributed by atoms with Crippen LogP contribution in [0.3, 0.4) is 0 Å². The van der Waals surface area contributed by atoms with Crippen LogP contribution in [0.2, 0.25) is 0 Å². The third-order valence-corrected chi connectivity index (χ3v) is 2.69. The SMILES string of the molecule is NCCCCCc1c[nH]c2ncccc12. The van der Waals surface area contributed by atoms with Gasteiger partial charge in [0.15, 0.2) is 0 Å². The van der Waals surface area contributed by atoms with Gasteiger partial charge in [0, 0.05) is 17.8 Å². The molecule has 0 fully saturated rings. The quantitative estimate of drug-likeness (QED) is 0.732. The summed E-state index contributed by atoms with van der Waals surface area (Å²) in [5.41, 5.74) is 7.82. The van der Waals surface area contributed by atoms with E-state index in [1.807, 2.05) is 12.3 Å². The van der Waals surface area contributed by atoms with Gasteiger partial charge in [-0.15, -0.1) is 0 Å². The Labute approximate surface area is 89.7 Å². The third-order valence-electron chi connectivity index (χ3n) is 2.69. The van der Waals surface area contributed by atoms with Crippen molar-refractivity contribution in [2.75, 3.05) is 6.54 Å². The Morgan fingerprint density at radius 3 is 3.07 bits per heavy atom. The lowest BCUT2D eigenvalue weighted by Gasteiger charge is -1.98. The normalized spacial score (nSPS) is 11.0. The first kappa shape index (κ1) is 10.2. The predicted molar refractivity (Wildman–Crippen MR) is 62.7 cm³/mol. The van der Waals surface area contributed by atoms with Gasteiger partial charge in [-0.3, -0.25) is 0 Å². The van der Waals surface area contributed by atoms with Gasteiger partial charge in [-0.25, -0.2) is 4.98 Å². The number of fused-ring (bicyclic) bond motifs is 1. The molecule has 2 rings (SSSR count). The second-order valence-corrected chi connectivity index (χ2v) is 3.81. The van der Waals surface area contributed by atoms with Crippen molar-refractivity contribution in [2.24, 2.45) is 5.73 Å². The number of aromatic nitrogens is 2. The zero-order valence-corrected chi connectivity index (χ0v) is 8.87. The number of rotatable bonds is 5. The molecule has 2 aromatic heterocycles. The van der Waals surface area contributed by atoms with E-state index in [-0.39, 0.29) is 0 Å². The molecule has 3 heteroatoms. The fraction of sp³-hybridized carbons (Fsp3) is 0.417. The second kappa shape index (κ2) is 4.94. The molecule has 2 heterocycles. The Bertz CT molecular complexity index is 419. The zero-order valence-electron chi connectivity index (χ0n) is 8.87. The molecule has 3 N–H and O–H groups in total. The van der Waals surface area contributed by atoms with Crippen molar-refractivity contribution in [1.29, 1.82) is 0 Å². The lowest BCUT2D eigenvalue weighted by atomic mass is 10.1. The molecule has 0 unspecified atom stereocenters. The van der Waals surface area contributed by atoms with E-state index in [4.69, 9.17) is 5.73 Å². The standard InChI is InChI=1S/C12H17N3/c13-7-3-1-2-5-10-9-15-12-11(10)6-4-8-14-12/h4,6,8-9H,1-3,5,7,13H2,(H,14,15). The third kappa shape index (κ3) is 2.36. The minimum Gasteiger partial charge on any atom is -0.346 e. The minimum atomic E-state index is 0.801. The van der Waals surface area contributed by atoms with E-state index in [2.05, 4.69) is 22.2 Å². The van der Waals surface area contributed by atoms with Gasteiger partial charge in [0.1, 0.15) is 5.65 Å². The Kier molecular flexibility index (Phi) is 3.35. The first-order chi connectivity index (χ1) is 7.42. The lowest BCUT2D eigenvalue weighted by Crippen LogP contribution is -1.98. The van der Waals surface area contributed by atoms with Crippen molar-refractivity contribution in [3.8, 4) is 0 Å². The number of aryl methyl sites for hydroxylation is 1. The Morgan fingerprint density at radius 2 is 2.20 bits per heavy atom. The van der Waals surface area contributed by atoms with Crippen LogP contribution in [0.15, 0.2) is 24.5 Å². The molecule has 0 atom stereocenters. The van der Waals surface area contributed by atoms with Crippen LogP contribution in [0, 0.1) is 0 Å². The fourth-order valence-corrected chi connectivity index (χ4v) is 1.86. The van der Waals surface area contributed by atoms with Crippen LogP contribution in [0.4, 0.5) is 0 Å². The molecular formula is C12H17N3. The van der Waals surface area contributed by atoms with Crippen LogP contribution >= 0.6 is 0 Å². The molecule has 80 valence electrons.